The average Bonchev–Trinajstić information content (AvgIpc) is 2.67. The van der Waals surface area contributed by atoms with Gasteiger partial charge in [-0.25, -0.2) is 4.79 Å². The monoisotopic (exact) mass is 389 g/mol. The van der Waals surface area contributed by atoms with Gasteiger partial charge in [-0.1, -0.05) is 18.2 Å². The fourth-order valence-corrected chi connectivity index (χ4v) is 3.03. The molecule has 1 saturated heterocycles. The number of amides is 3. The van der Waals surface area contributed by atoms with E-state index in [-0.39, 0.29) is 30.9 Å². The Morgan fingerprint density at radius 1 is 1.30 bits per heavy atom. The van der Waals surface area contributed by atoms with Gasteiger partial charge in [-0.15, -0.1) is 12.4 Å². The van der Waals surface area contributed by atoms with Crippen LogP contribution in [0.3, 0.4) is 0 Å². The number of benzene rings is 1. The molecule has 2 heterocycles. The van der Waals surface area contributed by atoms with E-state index in [0.29, 0.717) is 18.8 Å². The van der Waals surface area contributed by atoms with E-state index in [1.807, 2.05) is 43.3 Å². The smallest absolute Gasteiger partial charge is 0.319 e. The first kappa shape index (κ1) is 20.7. The van der Waals surface area contributed by atoms with Gasteiger partial charge in [-0.2, -0.15) is 0 Å². The number of aryl methyl sites for hydroxylation is 1. The molecule has 8 heteroatoms. The lowest BCUT2D eigenvalue weighted by Gasteiger charge is -2.36. The molecule has 1 atom stereocenters. The van der Waals surface area contributed by atoms with Crippen LogP contribution in [0.4, 0.5) is 10.5 Å². The van der Waals surface area contributed by atoms with Crippen LogP contribution in [0.5, 0.6) is 0 Å². The highest BCUT2D eigenvalue weighted by Crippen LogP contribution is 2.21. The van der Waals surface area contributed by atoms with Crippen molar-refractivity contribution in [1.82, 2.24) is 20.5 Å². The minimum atomic E-state index is -0.392. The zero-order valence-corrected chi connectivity index (χ0v) is 16.0. The van der Waals surface area contributed by atoms with E-state index in [1.54, 1.807) is 17.3 Å². The fraction of sp³-hybridized carbons (Fsp3) is 0.316. The molecule has 1 aromatic carbocycles. The Hall–Kier alpha value is -2.64. The number of hydrogen-bond donors (Lipinski definition) is 3. The van der Waals surface area contributed by atoms with Crippen molar-refractivity contribution in [1.29, 1.82) is 0 Å². The Kier molecular flexibility index (Phi) is 7.57. The highest BCUT2D eigenvalue weighted by atomic mass is 35.5. The maximum Gasteiger partial charge on any atom is 0.319 e. The van der Waals surface area contributed by atoms with Crippen LogP contribution in [0.15, 0.2) is 48.8 Å². The summed E-state index contributed by atoms with van der Waals surface area (Å²) in [4.78, 5) is 30.6. The topological polar surface area (TPSA) is 86.4 Å². The number of piperazine rings is 1. The van der Waals surface area contributed by atoms with Crippen LogP contribution in [-0.4, -0.2) is 48.0 Å². The summed E-state index contributed by atoms with van der Waals surface area (Å²) in [7, 11) is 0. The Morgan fingerprint density at radius 2 is 2.15 bits per heavy atom. The van der Waals surface area contributed by atoms with Crippen LogP contribution in [0.2, 0.25) is 0 Å². The number of rotatable bonds is 4. The fourth-order valence-electron chi connectivity index (χ4n) is 3.03. The number of pyridine rings is 1. The molecule has 1 unspecified atom stereocenters. The molecule has 0 saturated carbocycles. The summed E-state index contributed by atoms with van der Waals surface area (Å²) in [5, 5.41) is 8.68. The van der Waals surface area contributed by atoms with E-state index >= 15 is 0 Å². The van der Waals surface area contributed by atoms with Crippen molar-refractivity contribution in [3.05, 3.63) is 59.9 Å². The predicted octanol–water partition coefficient (Wildman–Crippen LogP) is 2.11. The number of hydrogen-bond acceptors (Lipinski definition) is 4. The van der Waals surface area contributed by atoms with Crippen LogP contribution in [0, 0.1) is 6.92 Å². The summed E-state index contributed by atoms with van der Waals surface area (Å²) in [6, 6.07) is 10.9. The van der Waals surface area contributed by atoms with Crippen molar-refractivity contribution >= 4 is 30.0 Å². The van der Waals surface area contributed by atoms with Crippen molar-refractivity contribution in [3.63, 3.8) is 0 Å². The van der Waals surface area contributed by atoms with Gasteiger partial charge in [0.05, 0.1) is 12.6 Å². The maximum absolute atomic E-state index is 12.6. The van der Waals surface area contributed by atoms with Gasteiger partial charge in [0.15, 0.2) is 0 Å². The second-order valence-corrected chi connectivity index (χ2v) is 6.27. The molecule has 3 amide bonds. The summed E-state index contributed by atoms with van der Waals surface area (Å²) >= 11 is 0. The Morgan fingerprint density at radius 3 is 2.89 bits per heavy atom. The van der Waals surface area contributed by atoms with Crippen molar-refractivity contribution in [2.24, 2.45) is 0 Å². The van der Waals surface area contributed by atoms with Crippen LogP contribution < -0.4 is 16.0 Å². The number of carbonyl (C=O) groups excluding carboxylic acids is 2. The molecule has 0 bridgehead atoms. The Bertz CT molecular complexity index is 772. The number of aromatic nitrogens is 1. The van der Waals surface area contributed by atoms with Gasteiger partial charge in [0.1, 0.15) is 0 Å². The number of urea groups is 1. The first-order valence-electron chi connectivity index (χ1n) is 8.65. The molecule has 27 heavy (non-hydrogen) atoms. The van der Waals surface area contributed by atoms with Crippen molar-refractivity contribution in [2.45, 2.75) is 13.0 Å². The summed E-state index contributed by atoms with van der Waals surface area (Å²) in [5.41, 5.74) is 2.74. The summed E-state index contributed by atoms with van der Waals surface area (Å²) < 4.78 is 0. The van der Waals surface area contributed by atoms with Crippen molar-refractivity contribution < 1.29 is 9.59 Å². The molecule has 1 aromatic heterocycles. The molecular weight excluding hydrogens is 366 g/mol. The molecule has 3 rings (SSSR count). The first-order valence-corrected chi connectivity index (χ1v) is 8.65. The second kappa shape index (κ2) is 9.89. The normalized spacial score (nSPS) is 16.2. The van der Waals surface area contributed by atoms with Gasteiger partial charge < -0.3 is 20.9 Å². The summed E-state index contributed by atoms with van der Waals surface area (Å²) in [5.74, 6) is -0.111. The molecule has 3 N–H and O–H groups in total. The molecule has 1 fully saturated rings. The minimum absolute atomic E-state index is 0. The van der Waals surface area contributed by atoms with Crippen LogP contribution >= 0.6 is 12.4 Å². The van der Waals surface area contributed by atoms with Crippen LogP contribution in [0.1, 0.15) is 17.2 Å². The Balaban J connectivity index is 0.00000261. The lowest BCUT2D eigenvalue weighted by Crippen LogP contribution is -2.51. The minimum Gasteiger partial charge on any atom is -0.332 e. The zero-order valence-electron chi connectivity index (χ0n) is 15.1. The van der Waals surface area contributed by atoms with E-state index in [9.17, 15) is 9.59 Å². The third-order valence-corrected chi connectivity index (χ3v) is 4.31. The summed E-state index contributed by atoms with van der Waals surface area (Å²) in [6.45, 7) is 3.91. The summed E-state index contributed by atoms with van der Waals surface area (Å²) in [6.07, 6.45) is 3.49. The van der Waals surface area contributed by atoms with Gasteiger partial charge in [-0.05, 0) is 36.2 Å². The quantitative estimate of drug-likeness (QED) is 0.747. The third-order valence-electron chi connectivity index (χ3n) is 4.31. The van der Waals surface area contributed by atoms with E-state index in [2.05, 4.69) is 20.9 Å². The van der Waals surface area contributed by atoms with Gasteiger partial charge in [-0.3, -0.25) is 9.78 Å². The third kappa shape index (κ3) is 5.67. The van der Waals surface area contributed by atoms with E-state index < -0.39 is 6.03 Å². The van der Waals surface area contributed by atoms with Gasteiger partial charge >= 0.3 is 6.03 Å². The largest absolute Gasteiger partial charge is 0.332 e. The molecule has 0 spiro atoms. The van der Waals surface area contributed by atoms with E-state index in [4.69, 9.17) is 0 Å². The van der Waals surface area contributed by atoms with Crippen molar-refractivity contribution in [3.8, 4) is 0 Å². The lowest BCUT2D eigenvalue weighted by atomic mass is 10.1. The predicted molar refractivity (Wildman–Crippen MR) is 107 cm³/mol. The number of halogens is 1. The highest BCUT2D eigenvalue weighted by molar-refractivity contribution is 5.92. The zero-order chi connectivity index (χ0) is 18.4. The maximum atomic E-state index is 12.6. The molecule has 1 aliphatic heterocycles. The molecule has 7 nitrogen and oxygen atoms in total. The van der Waals surface area contributed by atoms with E-state index in [1.165, 1.54) is 0 Å². The number of carbonyl (C=O) groups is 2. The second-order valence-electron chi connectivity index (χ2n) is 6.27. The standard InChI is InChI=1S/C19H23N5O2.ClH/c1-14-4-2-6-16(10-14)23-19(26)22-13-18(25)24-9-8-21-12-17(24)15-5-3-7-20-11-15;/h2-7,10-11,17,21H,8-9,12-13H2,1H3,(H2,22,23,26);1H. The number of anilines is 1. The lowest BCUT2D eigenvalue weighted by molar-refractivity contribution is -0.133. The molecule has 0 radical (unpaired) electrons. The van der Waals surface area contributed by atoms with E-state index in [0.717, 1.165) is 17.7 Å². The molecule has 2 aromatic rings. The highest BCUT2D eigenvalue weighted by Gasteiger charge is 2.27. The average molecular weight is 390 g/mol. The Labute approximate surface area is 165 Å². The molecule has 144 valence electrons. The first-order chi connectivity index (χ1) is 12.6. The van der Waals surface area contributed by atoms with Crippen LogP contribution in [-0.2, 0) is 4.79 Å². The van der Waals surface area contributed by atoms with Gasteiger partial charge in [0.2, 0.25) is 5.91 Å². The molecule has 0 aliphatic carbocycles. The molecular formula is C19H24ClN5O2. The number of nitrogens with zero attached hydrogens (tertiary/aromatic N) is 2. The van der Waals surface area contributed by atoms with Crippen LogP contribution in [0.25, 0.3) is 0 Å². The number of nitrogens with one attached hydrogen (secondary N) is 3. The van der Waals surface area contributed by atoms with Gasteiger partial charge in [0, 0.05) is 37.7 Å². The van der Waals surface area contributed by atoms with Crippen molar-refractivity contribution in [2.75, 3.05) is 31.5 Å². The SMILES string of the molecule is Cc1cccc(NC(=O)NCC(=O)N2CCNCC2c2cccnc2)c1.Cl. The molecule has 1 aliphatic rings. The van der Waals surface area contributed by atoms with Gasteiger partial charge in [0.25, 0.3) is 0 Å².